The van der Waals surface area contributed by atoms with Gasteiger partial charge in [0.1, 0.15) is 0 Å². The maximum Gasteiger partial charge on any atom is 0.254 e. The first-order chi connectivity index (χ1) is 11.1. The quantitative estimate of drug-likeness (QED) is 0.325. The van der Waals surface area contributed by atoms with Gasteiger partial charge in [-0.15, -0.1) is 13.2 Å². The zero-order valence-corrected chi connectivity index (χ0v) is 20.1. The van der Waals surface area contributed by atoms with E-state index in [-0.39, 0.29) is 0 Å². The van der Waals surface area contributed by atoms with E-state index >= 15 is 0 Å². The van der Waals surface area contributed by atoms with Crippen molar-refractivity contribution in [3.05, 3.63) is 36.7 Å². The summed E-state index contributed by atoms with van der Waals surface area (Å²) in [6.45, 7) is 16.5. The average molecular weight is 383 g/mol. The van der Waals surface area contributed by atoms with Crippen molar-refractivity contribution in [2.24, 2.45) is 11.3 Å². The van der Waals surface area contributed by atoms with Gasteiger partial charge in [-0.2, -0.15) is 0 Å². The number of fused-ring (bicyclic) bond motifs is 2. The molecule has 0 radical (unpaired) electrons. The molecule has 2 aliphatic carbocycles. The molecule has 1 fully saturated rings. The highest BCUT2D eigenvalue weighted by atomic mass is 28.4. The van der Waals surface area contributed by atoms with Crippen molar-refractivity contribution in [2.45, 2.75) is 64.3 Å². The van der Waals surface area contributed by atoms with Crippen LogP contribution in [-0.4, -0.2) is 33.1 Å². The number of hydrogen-bond acceptors (Lipinski definition) is 3. The van der Waals surface area contributed by atoms with Crippen LogP contribution in [-0.2, 0) is 13.3 Å². The van der Waals surface area contributed by atoms with Gasteiger partial charge in [0.05, 0.1) is 0 Å². The minimum Gasteiger partial charge on any atom is -0.382 e. The van der Waals surface area contributed by atoms with Gasteiger partial charge in [0.2, 0.25) is 16.6 Å². The van der Waals surface area contributed by atoms with Gasteiger partial charge in [-0.25, -0.2) is 0 Å². The zero-order chi connectivity index (χ0) is 18.1. The number of hydrogen-bond donors (Lipinski definition) is 0. The van der Waals surface area contributed by atoms with Gasteiger partial charge < -0.3 is 13.3 Å². The summed E-state index contributed by atoms with van der Waals surface area (Å²) >= 11 is 0. The smallest absolute Gasteiger partial charge is 0.254 e. The molecule has 6 heteroatoms. The van der Waals surface area contributed by atoms with Crippen LogP contribution in [0.1, 0.15) is 32.1 Å². The van der Waals surface area contributed by atoms with Gasteiger partial charge in [0, 0.05) is 6.42 Å². The molecular formula is C18H34O3Si3. The molecule has 0 aromatic carbocycles. The molecule has 0 aromatic heterocycles. The van der Waals surface area contributed by atoms with Gasteiger partial charge in [-0.05, 0) is 63.2 Å². The maximum absolute atomic E-state index is 6.50. The van der Waals surface area contributed by atoms with E-state index in [0.717, 1.165) is 18.8 Å². The molecule has 1 saturated carbocycles. The Kier molecular flexibility index (Phi) is 5.99. The van der Waals surface area contributed by atoms with Gasteiger partial charge in [0.15, 0.2) is 10.5 Å². The summed E-state index contributed by atoms with van der Waals surface area (Å²) in [7, 11) is -3.50. The number of rotatable bonds is 10. The molecule has 2 unspecified atom stereocenters. The Morgan fingerprint density at radius 3 is 2.12 bits per heavy atom. The zero-order valence-electron chi connectivity index (χ0n) is 16.1. The molecule has 0 spiro atoms. The standard InChI is InChI=1S/C18H34O3Si3/c1-7-23(3,4)20-18(19-22,21-24(5,6)8-2)14-13-17-11-9-16(15-17)10-12-17/h7-9,11,16H,1-2,10,12-15H2,3-6,22H3. The van der Waals surface area contributed by atoms with Crippen LogP contribution in [0, 0.1) is 11.3 Å². The van der Waals surface area contributed by atoms with Gasteiger partial charge in [-0.3, -0.25) is 0 Å². The van der Waals surface area contributed by atoms with Crippen molar-refractivity contribution >= 4 is 27.1 Å². The average Bonchev–Trinajstić information content (AvgIpc) is 3.13. The monoisotopic (exact) mass is 382 g/mol. The summed E-state index contributed by atoms with van der Waals surface area (Å²) in [6, 6.07) is 0. The van der Waals surface area contributed by atoms with Crippen LogP contribution in [0.3, 0.4) is 0 Å². The largest absolute Gasteiger partial charge is 0.382 e. The third-order valence-corrected chi connectivity index (χ3v) is 9.73. The molecule has 2 atom stereocenters. The second kappa shape index (κ2) is 7.17. The Balaban J connectivity index is 2.18. The predicted molar refractivity (Wildman–Crippen MR) is 109 cm³/mol. The summed E-state index contributed by atoms with van der Waals surface area (Å²) in [5.74, 6) is -0.139. The van der Waals surface area contributed by atoms with Crippen LogP contribution in [0.4, 0.5) is 0 Å². The highest BCUT2D eigenvalue weighted by molar-refractivity contribution is 6.77. The molecule has 2 aliphatic rings. The molecule has 2 rings (SSSR count). The molecule has 0 amide bonds. The minimum atomic E-state index is -2.04. The van der Waals surface area contributed by atoms with Gasteiger partial charge in [-0.1, -0.05) is 23.6 Å². The predicted octanol–water partition coefficient (Wildman–Crippen LogP) is 3.97. The van der Waals surface area contributed by atoms with Crippen molar-refractivity contribution < 1.29 is 13.3 Å². The Bertz CT molecular complexity index is 494. The molecule has 2 bridgehead atoms. The lowest BCUT2D eigenvalue weighted by atomic mass is 9.82. The normalized spacial score (nSPS) is 26.9. The summed E-state index contributed by atoms with van der Waals surface area (Å²) < 4.78 is 19.0. The van der Waals surface area contributed by atoms with E-state index in [4.69, 9.17) is 13.3 Å². The highest BCUT2D eigenvalue weighted by Crippen LogP contribution is 2.53. The van der Waals surface area contributed by atoms with Crippen LogP contribution in [0.2, 0.25) is 26.2 Å². The Morgan fingerprint density at radius 2 is 1.79 bits per heavy atom. The van der Waals surface area contributed by atoms with Crippen molar-refractivity contribution in [3.63, 3.8) is 0 Å². The van der Waals surface area contributed by atoms with Crippen LogP contribution in [0.15, 0.2) is 36.7 Å². The van der Waals surface area contributed by atoms with Crippen LogP contribution < -0.4 is 0 Å². The van der Waals surface area contributed by atoms with E-state index in [9.17, 15) is 0 Å². The Morgan fingerprint density at radius 1 is 1.21 bits per heavy atom. The van der Waals surface area contributed by atoms with E-state index in [1.807, 2.05) is 11.4 Å². The fraction of sp³-hybridized carbons (Fsp3) is 0.667. The van der Waals surface area contributed by atoms with Crippen molar-refractivity contribution in [2.75, 3.05) is 0 Å². The van der Waals surface area contributed by atoms with Crippen LogP contribution in [0.25, 0.3) is 0 Å². The third kappa shape index (κ3) is 4.68. The second-order valence-electron chi connectivity index (χ2n) is 8.43. The van der Waals surface area contributed by atoms with E-state index in [2.05, 4.69) is 51.5 Å². The van der Waals surface area contributed by atoms with Gasteiger partial charge in [0.25, 0.3) is 5.97 Å². The van der Waals surface area contributed by atoms with Crippen LogP contribution in [0.5, 0.6) is 0 Å². The van der Waals surface area contributed by atoms with Crippen LogP contribution >= 0.6 is 0 Å². The van der Waals surface area contributed by atoms with E-state index < -0.39 is 22.6 Å². The SMILES string of the molecule is C=C[Si](C)(C)OC(CCC12C=CC(CC1)C2)(O[SiH3])O[Si](C)(C)C=C. The van der Waals surface area contributed by atoms with E-state index in [0.29, 0.717) is 15.9 Å². The lowest BCUT2D eigenvalue weighted by Gasteiger charge is -2.43. The summed E-state index contributed by atoms with van der Waals surface area (Å²) in [5.41, 5.74) is 4.24. The first kappa shape index (κ1) is 20.1. The lowest BCUT2D eigenvalue weighted by Crippen LogP contribution is -2.53. The van der Waals surface area contributed by atoms with Crippen molar-refractivity contribution in [1.82, 2.24) is 0 Å². The minimum absolute atomic E-state index is 0.336. The molecule has 0 aromatic rings. The highest BCUT2D eigenvalue weighted by Gasteiger charge is 2.46. The summed E-state index contributed by atoms with van der Waals surface area (Å²) in [4.78, 5) is 0. The molecule has 0 aliphatic heterocycles. The Hall–Kier alpha value is -0.249. The van der Waals surface area contributed by atoms with Gasteiger partial charge >= 0.3 is 0 Å². The molecule has 0 heterocycles. The number of allylic oxidation sites excluding steroid dienone is 2. The third-order valence-electron chi connectivity index (χ3n) is 5.46. The fourth-order valence-corrected chi connectivity index (χ4v) is 6.77. The maximum atomic E-state index is 6.50. The molecule has 3 nitrogen and oxygen atoms in total. The first-order valence-electron chi connectivity index (χ1n) is 9.01. The summed E-state index contributed by atoms with van der Waals surface area (Å²) in [6.07, 6.45) is 10.6. The second-order valence-corrected chi connectivity index (χ2v) is 16.5. The first-order valence-corrected chi connectivity index (χ1v) is 15.8. The fourth-order valence-electron chi connectivity index (χ4n) is 3.76. The lowest BCUT2D eigenvalue weighted by molar-refractivity contribution is -0.268. The molecule has 0 N–H and O–H groups in total. The summed E-state index contributed by atoms with van der Waals surface area (Å²) in [5, 5.41) is 0. The molecule has 0 saturated heterocycles. The molecule has 24 heavy (non-hydrogen) atoms. The molecule has 136 valence electrons. The van der Waals surface area contributed by atoms with E-state index in [1.165, 1.54) is 19.3 Å². The Labute approximate surface area is 153 Å². The molecular weight excluding hydrogens is 348 g/mol. The topological polar surface area (TPSA) is 27.7 Å². The van der Waals surface area contributed by atoms with E-state index in [1.54, 1.807) is 0 Å². The van der Waals surface area contributed by atoms with Crippen molar-refractivity contribution in [1.29, 1.82) is 0 Å². The van der Waals surface area contributed by atoms with Crippen molar-refractivity contribution in [3.8, 4) is 0 Å².